The zero-order chi connectivity index (χ0) is 18.8. The van der Waals surface area contributed by atoms with Crippen LogP contribution in [-0.2, 0) is 4.74 Å². The standard InChI is InChI=1S/C17H12Cl2F2N2O3/c18-13-4-2-10(6-14(13)19)23-8-11(26-17(23)25)7-22-16(24)12-3-1-9(20)5-15(12)21/h1-6,11H,7-8H2,(H,22,24)/t11-/m0/s1. The fraction of sp³-hybridized carbons (Fsp3) is 0.176. The summed E-state index contributed by atoms with van der Waals surface area (Å²) in [5.41, 5.74) is 0.208. The molecular formula is C17H12Cl2F2N2O3. The molecule has 0 saturated carbocycles. The Balaban J connectivity index is 1.62. The highest BCUT2D eigenvalue weighted by molar-refractivity contribution is 6.42. The number of rotatable bonds is 4. The molecule has 26 heavy (non-hydrogen) atoms. The highest BCUT2D eigenvalue weighted by Gasteiger charge is 2.33. The molecule has 1 aliphatic rings. The number of amides is 2. The lowest BCUT2D eigenvalue weighted by Gasteiger charge is -2.14. The van der Waals surface area contributed by atoms with E-state index in [4.69, 9.17) is 27.9 Å². The molecule has 1 N–H and O–H groups in total. The Morgan fingerprint density at radius 2 is 1.96 bits per heavy atom. The van der Waals surface area contributed by atoms with Crippen LogP contribution in [0.3, 0.4) is 0 Å². The van der Waals surface area contributed by atoms with Gasteiger partial charge in [-0.1, -0.05) is 23.2 Å². The third-order valence-electron chi connectivity index (χ3n) is 3.75. The van der Waals surface area contributed by atoms with E-state index >= 15 is 0 Å². The number of ether oxygens (including phenoxy) is 1. The predicted molar refractivity (Wildman–Crippen MR) is 92.8 cm³/mol. The summed E-state index contributed by atoms with van der Waals surface area (Å²) in [4.78, 5) is 25.3. The van der Waals surface area contributed by atoms with Gasteiger partial charge >= 0.3 is 6.09 Å². The van der Waals surface area contributed by atoms with Gasteiger partial charge in [-0.3, -0.25) is 9.69 Å². The Morgan fingerprint density at radius 3 is 2.65 bits per heavy atom. The van der Waals surface area contributed by atoms with Crippen molar-refractivity contribution >= 4 is 40.9 Å². The van der Waals surface area contributed by atoms with E-state index in [0.29, 0.717) is 21.8 Å². The predicted octanol–water partition coefficient (Wildman–Crippen LogP) is 4.03. The van der Waals surface area contributed by atoms with Crippen molar-refractivity contribution in [2.24, 2.45) is 0 Å². The quantitative estimate of drug-likeness (QED) is 0.842. The summed E-state index contributed by atoms with van der Waals surface area (Å²) >= 11 is 11.8. The number of hydrogen-bond acceptors (Lipinski definition) is 3. The molecule has 2 aromatic carbocycles. The summed E-state index contributed by atoms with van der Waals surface area (Å²) in [5, 5.41) is 3.11. The molecule has 0 radical (unpaired) electrons. The van der Waals surface area contributed by atoms with Gasteiger partial charge in [-0.15, -0.1) is 0 Å². The lowest BCUT2D eigenvalue weighted by atomic mass is 10.2. The fourth-order valence-corrected chi connectivity index (χ4v) is 2.76. The van der Waals surface area contributed by atoms with E-state index in [1.807, 2.05) is 0 Å². The van der Waals surface area contributed by atoms with Crippen LogP contribution in [0.2, 0.25) is 10.0 Å². The van der Waals surface area contributed by atoms with E-state index < -0.39 is 29.7 Å². The maximum atomic E-state index is 13.6. The monoisotopic (exact) mass is 400 g/mol. The first-order chi connectivity index (χ1) is 12.3. The number of nitrogens with zero attached hydrogens (tertiary/aromatic N) is 1. The van der Waals surface area contributed by atoms with E-state index in [1.54, 1.807) is 12.1 Å². The van der Waals surface area contributed by atoms with Gasteiger partial charge in [0.25, 0.3) is 5.91 Å². The zero-order valence-corrected chi connectivity index (χ0v) is 14.7. The third kappa shape index (κ3) is 3.89. The van der Waals surface area contributed by atoms with Gasteiger partial charge in [0.1, 0.15) is 17.7 Å². The molecule has 0 spiro atoms. The second-order valence-electron chi connectivity index (χ2n) is 5.55. The Kier molecular flexibility index (Phi) is 5.29. The van der Waals surface area contributed by atoms with Gasteiger partial charge in [0.15, 0.2) is 0 Å². The van der Waals surface area contributed by atoms with Crippen molar-refractivity contribution in [2.45, 2.75) is 6.10 Å². The first-order valence-corrected chi connectivity index (χ1v) is 8.27. The molecule has 1 heterocycles. The number of benzene rings is 2. The molecule has 0 unspecified atom stereocenters. The number of nitrogens with one attached hydrogen (secondary N) is 1. The maximum Gasteiger partial charge on any atom is 0.414 e. The molecule has 1 fully saturated rings. The minimum atomic E-state index is -0.969. The smallest absolute Gasteiger partial charge is 0.414 e. The fourth-order valence-electron chi connectivity index (χ4n) is 2.47. The summed E-state index contributed by atoms with van der Waals surface area (Å²) < 4.78 is 31.7. The molecule has 9 heteroatoms. The second-order valence-corrected chi connectivity index (χ2v) is 6.36. The minimum Gasteiger partial charge on any atom is -0.442 e. The van der Waals surface area contributed by atoms with E-state index in [1.165, 1.54) is 11.0 Å². The Bertz CT molecular complexity index is 879. The van der Waals surface area contributed by atoms with Gasteiger partial charge in [0, 0.05) is 11.8 Å². The van der Waals surface area contributed by atoms with Crippen LogP contribution in [0.4, 0.5) is 19.3 Å². The molecule has 0 bridgehead atoms. The first kappa shape index (κ1) is 18.4. The molecule has 0 aromatic heterocycles. The molecule has 3 rings (SSSR count). The van der Waals surface area contributed by atoms with Crippen molar-refractivity contribution in [3.8, 4) is 0 Å². The van der Waals surface area contributed by atoms with Crippen LogP contribution in [-0.4, -0.2) is 31.2 Å². The molecule has 5 nitrogen and oxygen atoms in total. The van der Waals surface area contributed by atoms with Gasteiger partial charge in [-0.05, 0) is 30.3 Å². The van der Waals surface area contributed by atoms with E-state index in [-0.39, 0.29) is 18.7 Å². The second kappa shape index (κ2) is 7.47. The Morgan fingerprint density at radius 1 is 1.19 bits per heavy atom. The number of carbonyl (C=O) groups excluding carboxylic acids is 2. The van der Waals surface area contributed by atoms with E-state index in [2.05, 4.69) is 5.32 Å². The summed E-state index contributed by atoms with van der Waals surface area (Å²) in [7, 11) is 0. The highest BCUT2D eigenvalue weighted by Crippen LogP contribution is 2.29. The average Bonchev–Trinajstić information content (AvgIpc) is 2.96. The third-order valence-corrected chi connectivity index (χ3v) is 4.49. The van der Waals surface area contributed by atoms with Gasteiger partial charge in [-0.2, -0.15) is 0 Å². The summed E-state index contributed by atoms with van der Waals surface area (Å²) in [6.07, 6.45) is -1.24. The zero-order valence-electron chi connectivity index (χ0n) is 13.1. The molecule has 0 aliphatic carbocycles. The van der Waals surface area contributed by atoms with Crippen molar-refractivity contribution in [1.29, 1.82) is 0 Å². The summed E-state index contributed by atoms with van der Waals surface area (Å²) in [6, 6.07) is 7.35. The Labute approximate surface area is 157 Å². The van der Waals surface area contributed by atoms with Gasteiger partial charge in [0.05, 0.1) is 28.7 Å². The Hall–Kier alpha value is -2.38. The van der Waals surface area contributed by atoms with Crippen LogP contribution >= 0.6 is 23.2 Å². The van der Waals surface area contributed by atoms with Crippen molar-refractivity contribution in [3.05, 3.63) is 63.6 Å². The molecular weight excluding hydrogens is 389 g/mol. The normalized spacial score (nSPS) is 16.5. The number of anilines is 1. The summed E-state index contributed by atoms with van der Waals surface area (Å²) in [6.45, 7) is 0.141. The lowest BCUT2D eigenvalue weighted by Crippen LogP contribution is -2.35. The van der Waals surface area contributed by atoms with E-state index in [0.717, 1.165) is 12.1 Å². The topological polar surface area (TPSA) is 58.6 Å². The van der Waals surface area contributed by atoms with Crippen LogP contribution in [0, 0.1) is 11.6 Å². The van der Waals surface area contributed by atoms with Crippen LogP contribution in [0.1, 0.15) is 10.4 Å². The van der Waals surface area contributed by atoms with Crippen LogP contribution < -0.4 is 10.2 Å². The van der Waals surface area contributed by atoms with E-state index in [9.17, 15) is 18.4 Å². The molecule has 2 amide bonds. The molecule has 136 valence electrons. The van der Waals surface area contributed by atoms with Crippen molar-refractivity contribution in [1.82, 2.24) is 5.32 Å². The average molecular weight is 401 g/mol. The minimum absolute atomic E-state index is 0.0286. The van der Waals surface area contributed by atoms with Gasteiger partial charge in [0.2, 0.25) is 0 Å². The molecule has 1 aliphatic heterocycles. The number of hydrogen-bond donors (Lipinski definition) is 1. The van der Waals surface area contributed by atoms with Crippen molar-refractivity contribution in [2.75, 3.05) is 18.0 Å². The lowest BCUT2D eigenvalue weighted by molar-refractivity contribution is 0.0912. The number of cyclic esters (lactones) is 1. The van der Waals surface area contributed by atoms with Crippen LogP contribution in [0.15, 0.2) is 36.4 Å². The van der Waals surface area contributed by atoms with Crippen LogP contribution in [0.25, 0.3) is 0 Å². The molecule has 2 aromatic rings. The molecule has 1 atom stereocenters. The number of carbonyl (C=O) groups is 2. The number of halogens is 4. The first-order valence-electron chi connectivity index (χ1n) is 7.51. The van der Waals surface area contributed by atoms with Crippen LogP contribution in [0.5, 0.6) is 0 Å². The summed E-state index contributed by atoms with van der Waals surface area (Å²) in [5.74, 6) is -2.48. The van der Waals surface area contributed by atoms with Crippen molar-refractivity contribution < 1.29 is 23.1 Å². The highest BCUT2D eigenvalue weighted by atomic mass is 35.5. The van der Waals surface area contributed by atoms with Crippen molar-refractivity contribution in [3.63, 3.8) is 0 Å². The molecule has 1 saturated heterocycles. The van der Waals surface area contributed by atoms with Gasteiger partial charge < -0.3 is 10.1 Å². The maximum absolute atomic E-state index is 13.6. The van der Waals surface area contributed by atoms with Gasteiger partial charge in [-0.25, -0.2) is 13.6 Å². The SMILES string of the molecule is O=C(NC[C@H]1CN(c2ccc(Cl)c(Cl)c2)C(=O)O1)c1ccc(F)cc1F. The largest absolute Gasteiger partial charge is 0.442 e.